The van der Waals surface area contributed by atoms with Crippen LogP contribution in [0.5, 0.6) is 0 Å². The number of amides is 2. The number of carboxylic acids is 1. The van der Waals surface area contributed by atoms with Crippen LogP contribution in [0.1, 0.15) is 6.42 Å². The van der Waals surface area contributed by atoms with Crippen LogP contribution in [0.15, 0.2) is 12.2 Å². The third-order valence-electron chi connectivity index (χ3n) is 1.70. The van der Waals surface area contributed by atoms with Crippen molar-refractivity contribution in [3.63, 3.8) is 0 Å². The maximum absolute atomic E-state index is 11.0. The second-order valence-corrected chi connectivity index (χ2v) is 3.60. The first kappa shape index (κ1) is 10.8. The smallest absolute Gasteiger partial charge is 0.304 e. The molecule has 14 heavy (non-hydrogen) atoms. The lowest BCUT2D eigenvalue weighted by atomic mass is 10.3. The van der Waals surface area contributed by atoms with Crippen LogP contribution in [0.4, 0.5) is 0 Å². The van der Waals surface area contributed by atoms with Crippen LogP contribution in [0.25, 0.3) is 0 Å². The number of nitrogens with zero attached hydrogens (tertiary/aromatic N) is 1. The molecule has 1 atom stereocenters. The highest BCUT2D eigenvalue weighted by Crippen LogP contribution is 2.09. The quantitative estimate of drug-likeness (QED) is 0.498. The summed E-state index contributed by atoms with van der Waals surface area (Å²) in [7, 11) is 0. The molecular weight excluding hydrogens is 206 g/mol. The van der Waals surface area contributed by atoms with Gasteiger partial charge in [-0.15, -0.1) is 0 Å². The fraction of sp³-hybridized carbons (Fsp3) is 0.375. The van der Waals surface area contributed by atoms with Gasteiger partial charge in [0, 0.05) is 23.9 Å². The van der Waals surface area contributed by atoms with Crippen molar-refractivity contribution in [3.8, 4) is 0 Å². The number of rotatable bonds is 4. The van der Waals surface area contributed by atoms with Crippen LogP contribution >= 0.6 is 12.6 Å². The molecule has 0 radical (unpaired) electrons. The zero-order chi connectivity index (χ0) is 10.7. The molecule has 0 aromatic rings. The molecule has 1 unspecified atom stereocenters. The largest absolute Gasteiger partial charge is 0.481 e. The third-order valence-corrected chi connectivity index (χ3v) is 2.05. The average Bonchev–Trinajstić information content (AvgIpc) is 2.34. The van der Waals surface area contributed by atoms with E-state index < -0.39 is 23.0 Å². The van der Waals surface area contributed by atoms with Crippen molar-refractivity contribution in [2.24, 2.45) is 0 Å². The third kappa shape index (κ3) is 2.59. The molecule has 6 heteroatoms. The minimum absolute atomic E-state index is 0.0279. The first-order valence-electron chi connectivity index (χ1n) is 3.94. The van der Waals surface area contributed by atoms with Gasteiger partial charge in [0.2, 0.25) is 0 Å². The number of imide groups is 1. The number of hydrogen-bond acceptors (Lipinski definition) is 4. The van der Waals surface area contributed by atoms with Gasteiger partial charge in [-0.25, -0.2) is 0 Å². The van der Waals surface area contributed by atoms with E-state index in [1.54, 1.807) is 0 Å². The average molecular weight is 215 g/mol. The fourth-order valence-electron chi connectivity index (χ4n) is 1.09. The first-order chi connectivity index (χ1) is 6.50. The van der Waals surface area contributed by atoms with Crippen LogP contribution in [-0.4, -0.2) is 39.6 Å². The van der Waals surface area contributed by atoms with Gasteiger partial charge < -0.3 is 5.11 Å². The number of aliphatic carboxylic acids is 1. The summed E-state index contributed by atoms with van der Waals surface area (Å²) in [4.78, 5) is 33.4. The van der Waals surface area contributed by atoms with Gasteiger partial charge in [-0.2, -0.15) is 12.6 Å². The molecule has 0 bridgehead atoms. The second kappa shape index (κ2) is 4.28. The van der Waals surface area contributed by atoms with E-state index in [2.05, 4.69) is 12.6 Å². The summed E-state index contributed by atoms with van der Waals surface area (Å²) in [5.41, 5.74) is 0. The van der Waals surface area contributed by atoms with E-state index in [9.17, 15) is 14.4 Å². The molecular formula is C8H9NO4S. The topological polar surface area (TPSA) is 74.7 Å². The fourth-order valence-corrected chi connectivity index (χ4v) is 1.41. The molecule has 0 saturated carbocycles. The van der Waals surface area contributed by atoms with Crippen LogP contribution in [-0.2, 0) is 14.4 Å². The maximum Gasteiger partial charge on any atom is 0.304 e. The van der Waals surface area contributed by atoms with Crippen LogP contribution in [0.3, 0.4) is 0 Å². The Morgan fingerprint density at radius 2 is 1.93 bits per heavy atom. The van der Waals surface area contributed by atoms with Crippen LogP contribution in [0, 0.1) is 0 Å². The molecule has 0 aromatic heterocycles. The van der Waals surface area contributed by atoms with Crippen molar-refractivity contribution in [3.05, 3.63) is 12.2 Å². The SMILES string of the molecule is O=C(O)CC(S)CN1C(=O)C=CC1=O. The zero-order valence-corrected chi connectivity index (χ0v) is 8.11. The number of hydrogen-bond donors (Lipinski definition) is 2. The Balaban J connectivity index is 2.48. The second-order valence-electron chi connectivity index (χ2n) is 2.87. The van der Waals surface area contributed by atoms with E-state index in [-0.39, 0.29) is 13.0 Å². The molecule has 0 aliphatic carbocycles. The van der Waals surface area contributed by atoms with E-state index >= 15 is 0 Å². The predicted molar refractivity (Wildman–Crippen MR) is 50.9 cm³/mol. The summed E-state index contributed by atoms with van der Waals surface area (Å²) < 4.78 is 0. The van der Waals surface area contributed by atoms with Crippen molar-refractivity contribution in [1.82, 2.24) is 4.90 Å². The first-order valence-corrected chi connectivity index (χ1v) is 4.45. The monoisotopic (exact) mass is 215 g/mol. The lowest BCUT2D eigenvalue weighted by Crippen LogP contribution is -2.35. The summed E-state index contributed by atoms with van der Waals surface area (Å²) in [5.74, 6) is -1.84. The van der Waals surface area contributed by atoms with E-state index in [4.69, 9.17) is 5.11 Å². The zero-order valence-electron chi connectivity index (χ0n) is 7.21. The Kier molecular flexibility index (Phi) is 3.29. The minimum Gasteiger partial charge on any atom is -0.481 e. The van der Waals surface area contributed by atoms with Gasteiger partial charge in [0.15, 0.2) is 0 Å². The Bertz CT molecular complexity index is 294. The van der Waals surface area contributed by atoms with Gasteiger partial charge in [0.25, 0.3) is 11.8 Å². The van der Waals surface area contributed by atoms with Gasteiger partial charge >= 0.3 is 5.97 Å². The Morgan fingerprint density at radius 3 is 2.36 bits per heavy atom. The van der Waals surface area contributed by atoms with Gasteiger partial charge in [-0.05, 0) is 0 Å². The molecule has 5 nitrogen and oxygen atoms in total. The molecule has 0 fully saturated rings. The van der Waals surface area contributed by atoms with Crippen molar-refractivity contribution in [2.45, 2.75) is 11.7 Å². The van der Waals surface area contributed by atoms with Crippen LogP contribution < -0.4 is 0 Å². The predicted octanol–water partition coefficient (Wildman–Crippen LogP) is -0.315. The Morgan fingerprint density at radius 1 is 1.43 bits per heavy atom. The van der Waals surface area contributed by atoms with Crippen molar-refractivity contribution in [1.29, 1.82) is 0 Å². The number of carboxylic acid groups (broad SMARTS) is 1. The molecule has 1 heterocycles. The summed E-state index contributed by atoms with van der Waals surface area (Å²) in [6.45, 7) is 0.0279. The standard InChI is InChI=1S/C8H9NO4S/c10-6-1-2-7(11)9(6)4-5(14)3-8(12)13/h1-2,5,14H,3-4H2,(H,12,13). The van der Waals surface area contributed by atoms with E-state index in [1.165, 1.54) is 0 Å². The molecule has 1 N–H and O–H groups in total. The lowest BCUT2D eigenvalue weighted by molar-refractivity contribution is -0.140. The molecule has 1 aliphatic rings. The van der Waals surface area contributed by atoms with Gasteiger partial charge in [-0.1, -0.05) is 0 Å². The summed E-state index contributed by atoms with van der Waals surface area (Å²) >= 11 is 3.97. The summed E-state index contributed by atoms with van der Waals surface area (Å²) in [6.07, 6.45) is 2.13. The number of thiol groups is 1. The maximum atomic E-state index is 11.0. The normalized spacial score (nSPS) is 17.6. The molecule has 1 aliphatic heterocycles. The van der Waals surface area contributed by atoms with Crippen molar-refractivity contribution < 1.29 is 19.5 Å². The molecule has 0 spiro atoms. The Hall–Kier alpha value is -1.30. The van der Waals surface area contributed by atoms with E-state index in [0.29, 0.717) is 0 Å². The summed E-state index contributed by atoms with van der Waals surface area (Å²) in [6, 6.07) is 0. The Labute approximate surface area is 85.8 Å². The van der Waals surface area contributed by atoms with Gasteiger partial charge in [0.1, 0.15) is 0 Å². The van der Waals surface area contributed by atoms with Gasteiger partial charge in [0.05, 0.1) is 6.42 Å². The molecule has 0 saturated heterocycles. The van der Waals surface area contributed by atoms with Gasteiger partial charge in [-0.3, -0.25) is 19.3 Å². The minimum atomic E-state index is -1.00. The summed E-state index contributed by atoms with van der Waals surface area (Å²) in [5, 5.41) is 7.91. The highest BCUT2D eigenvalue weighted by Gasteiger charge is 2.25. The van der Waals surface area contributed by atoms with Crippen molar-refractivity contribution in [2.75, 3.05) is 6.54 Å². The van der Waals surface area contributed by atoms with E-state index in [1.807, 2.05) is 0 Å². The molecule has 0 aromatic carbocycles. The highest BCUT2D eigenvalue weighted by atomic mass is 32.1. The number of carbonyl (C=O) groups excluding carboxylic acids is 2. The lowest BCUT2D eigenvalue weighted by Gasteiger charge is -2.16. The van der Waals surface area contributed by atoms with E-state index in [0.717, 1.165) is 17.1 Å². The number of carbonyl (C=O) groups is 3. The highest BCUT2D eigenvalue weighted by molar-refractivity contribution is 7.81. The van der Waals surface area contributed by atoms with Crippen molar-refractivity contribution >= 4 is 30.4 Å². The molecule has 1 rings (SSSR count). The van der Waals surface area contributed by atoms with Crippen LogP contribution in [0.2, 0.25) is 0 Å². The molecule has 76 valence electrons. The molecule has 2 amide bonds.